The Hall–Kier alpha value is -2.79. The van der Waals surface area contributed by atoms with Crippen LogP contribution in [-0.4, -0.2) is 118 Å². The monoisotopic (exact) mass is 850 g/mol. The highest BCUT2D eigenvalue weighted by Crippen LogP contribution is 2.42. The van der Waals surface area contributed by atoms with Gasteiger partial charge in [-0.1, -0.05) is 13.8 Å². The van der Waals surface area contributed by atoms with Crippen molar-refractivity contribution in [1.82, 2.24) is 24.1 Å². The molecular formula is C34H54N6O11S4. The van der Waals surface area contributed by atoms with Crippen molar-refractivity contribution in [1.29, 1.82) is 0 Å². The summed E-state index contributed by atoms with van der Waals surface area (Å²) < 4.78 is 86.0. The van der Waals surface area contributed by atoms with Gasteiger partial charge in [0, 0.05) is 43.2 Å². The van der Waals surface area contributed by atoms with E-state index < -0.39 is 61.1 Å². The molecule has 0 bridgehead atoms. The van der Waals surface area contributed by atoms with Gasteiger partial charge in [-0.3, -0.25) is 14.4 Å². The van der Waals surface area contributed by atoms with Crippen molar-refractivity contribution in [3.05, 3.63) is 11.6 Å². The van der Waals surface area contributed by atoms with E-state index in [0.717, 1.165) is 11.7 Å². The van der Waals surface area contributed by atoms with Crippen LogP contribution >= 0.6 is 23.1 Å². The zero-order valence-electron chi connectivity index (χ0n) is 32.4. The van der Waals surface area contributed by atoms with E-state index in [1.807, 2.05) is 32.6 Å². The second kappa shape index (κ2) is 19.6. The summed E-state index contributed by atoms with van der Waals surface area (Å²) in [6.45, 7) is 15.8. The largest absolute Gasteiger partial charge is 0.470 e. The number of esters is 2. The number of ether oxygens (including phenoxy) is 4. The Morgan fingerprint density at radius 2 is 1.73 bits per heavy atom. The fourth-order valence-corrected chi connectivity index (χ4v) is 11.6. The molecule has 2 aliphatic rings. The minimum atomic E-state index is -4.27. The molecule has 0 saturated carbocycles. The first-order valence-electron chi connectivity index (χ1n) is 18.4. The topological polar surface area (TPSA) is 222 Å². The van der Waals surface area contributed by atoms with Gasteiger partial charge in [-0.05, 0) is 60.1 Å². The van der Waals surface area contributed by atoms with Crippen LogP contribution < -0.4 is 25.0 Å². The predicted molar refractivity (Wildman–Crippen MR) is 207 cm³/mol. The number of rotatable bonds is 20. The Bertz CT molecular complexity index is 1840. The SMILES string of the molecule is CCN[C@H]1C[C@H](C)S(=O)(=O)c2sc(S(=O)(=O)NC(C)C(=O)CC(CC)OC(=O)CCC(=O)O[C@@H](CNC(C)(C)C)COc3nsnc3N3CCOCC3)cc21. The molecule has 4 rings (SSSR count). The minimum Gasteiger partial charge on any atom is -0.470 e. The number of nitrogens with zero attached hydrogens (tertiary/aromatic N) is 3. The number of thiophene rings is 1. The van der Waals surface area contributed by atoms with Crippen LogP contribution in [0, 0.1) is 0 Å². The highest BCUT2D eigenvalue weighted by Gasteiger charge is 2.40. The van der Waals surface area contributed by atoms with Crippen molar-refractivity contribution in [2.24, 2.45) is 0 Å². The number of sulfone groups is 1. The summed E-state index contributed by atoms with van der Waals surface area (Å²) >= 11 is 1.69. The van der Waals surface area contributed by atoms with E-state index >= 15 is 0 Å². The first-order chi connectivity index (χ1) is 25.8. The molecule has 0 radical (unpaired) electrons. The Kier molecular flexibility index (Phi) is 16.0. The van der Waals surface area contributed by atoms with Gasteiger partial charge < -0.3 is 34.5 Å². The van der Waals surface area contributed by atoms with E-state index in [1.54, 1.807) is 13.8 Å². The maximum Gasteiger partial charge on any atom is 0.306 e. The van der Waals surface area contributed by atoms with Crippen molar-refractivity contribution in [3.8, 4) is 5.88 Å². The number of hydrogen-bond donors (Lipinski definition) is 3. The van der Waals surface area contributed by atoms with Crippen molar-refractivity contribution in [3.63, 3.8) is 0 Å². The second-order valence-corrected chi connectivity index (χ2v) is 20.7. The standard InChI is InChI=1S/C34H54N6O11S4/c1-8-23(17-27(41)22(4)39-55(46,47)30-18-25-26(35-9-2)16-21(3)54(44,45)33(25)52-30)50-28(42)10-11-29(43)51-24(19-36-34(5,6)7)20-49-32-31(37-53-38-32)40-12-14-48-15-13-40/h18,21-24,26,35-36,39H,8-17,19-20H2,1-7H3/t21-,22?,23?,24-,26-/m0/s1. The molecule has 0 spiro atoms. The summed E-state index contributed by atoms with van der Waals surface area (Å²) in [6.07, 6.45) is -1.87. The van der Waals surface area contributed by atoms with E-state index in [0.29, 0.717) is 67.9 Å². The number of morpholine rings is 1. The molecule has 2 unspecified atom stereocenters. The van der Waals surface area contributed by atoms with Gasteiger partial charge in [-0.2, -0.15) is 4.37 Å². The first-order valence-corrected chi connectivity index (χ1v) is 23.0. The van der Waals surface area contributed by atoms with Crippen molar-refractivity contribution in [2.45, 2.75) is 124 Å². The van der Waals surface area contributed by atoms with Crippen LogP contribution in [0.2, 0.25) is 0 Å². The van der Waals surface area contributed by atoms with E-state index in [-0.39, 0.29) is 58.8 Å². The van der Waals surface area contributed by atoms with Crippen LogP contribution in [0.3, 0.4) is 0 Å². The number of carbonyl (C=O) groups excluding carboxylic acids is 3. The summed E-state index contributed by atoms with van der Waals surface area (Å²) in [7, 11) is -7.97. The minimum absolute atomic E-state index is 0.00627. The van der Waals surface area contributed by atoms with Crippen molar-refractivity contribution in [2.75, 3.05) is 50.9 Å². The normalized spacial score (nSPS) is 20.2. The molecule has 0 amide bonds. The van der Waals surface area contributed by atoms with Gasteiger partial charge in [0.15, 0.2) is 15.6 Å². The number of nitrogens with one attached hydrogen (secondary N) is 3. The molecule has 4 heterocycles. The number of Topliss-reactive ketones (excluding diaryl/α,β-unsaturated/α-hetero) is 1. The second-order valence-electron chi connectivity index (χ2n) is 14.6. The van der Waals surface area contributed by atoms with Gasteiger partial charge in [0.05, 0.1) is 49.1 Å². The fraction of sp³-hybridized carbons (Fsp3) is 0.735. The van der Waals surface area contributed by atoms with Crippen LogP contribution in [0.5, 0.6) is 5.88 Å². The number of ketones is 1. The number of fused-ring (bicyclic) bond motifs is 1. The lowest BCUT2D eigenvalue weighted by Crippen LogP contribution is -2.44. The fourth-order valence-electron chi connectivity index (χ4n) is 5.85. The lowest BCUT2D eigenvalue weighted by Gasteiger charge is -2.27. The van der Waals surface area contributed by atoms with Crippen molar-refractivity contribution >= 4 is 66.5 Å². The van der Waals surface area contributed by atoms with Crippen LogP contribution in [0.15, 0.2) is 14.5 Å². The molecule has 55 heavy (non-hydrogen) atoms. The number of aromatic nitrogens is 2. The van der Waals surface area contributed by atoms with Crippen LogP contribution in [0.1, 0.15) is 92.2 Å². The van der Waals surface area contributed by atoms with Gasteiger partial charge >= 0.3 is 11.9 Å². The first kappa shape index (κ1) is 44.9. The third kappa shape index (κ3) is 12.6. The van der Waals surface area contributed by atoms with Crippen LogP contribution in [0.25, 0.3) is 0 Å². The van der Waals surface area contributed by atoms with Gasteiger partial charge in [-0.15, -0.1) is 15.7 Å². The molecule has 2 aliphatic heterocycles. The van der Waals surface area contributed by atoms with E-state index in [4.69, 9.17) is 18.9 Å². The number of anilines is 1. The van der Waals surface area contributed by atoms with Gasteiger partial charge in [0.1, 0.15) is 27.2 Å². The molecule has 21 heteroatoms. The number of hydrogen-bond acceptors (Lipinski definition) is 18. The molecule has 310 valence electrons. The molecular weight excluding hydrogens is 797 g/mol. The number of sulfonamides is 1. The molecule has 1 saturated heterocycles. The average molecular weight is 851 g/mol. The smallest absolute Gasteiger partial charge is 0.306 e. The molecule has 2 aromatic heterocycles. The van der Waals surface area contributed by atoms with Crippen molar-refractivity contribution < 1.29 is 50.2 Å². The van der Waals surface area contributed by atoms with E-state index in [9.17, 15) is 31.2 Å². The Morgan fingerprint density at radius 1 is 1.07 bits per heavy atom. The van der Waals surface area contributed by atoms with E-state index in [2.05, 4.69) is 24.1 Å². The predicted octanol–water partition coefficient (Wildman–Crippen LogP) is 2.76. The molecule has 5 atom stereocenters. The van der Waals surface area contributed by atoms with E-state index in [1.165, 1.54) is 13.0 Å². The summed E-state index contributed by atoms with van der Waals surface area (Å²) in [6, 6.07) is -0.158. The lowest BCUT2D eigenvalue weighted by molar-refractivity contribution is -0.157. The zero-order chi connectivity index (χ0) is 40.6. The molecule has 1 fully saturated rings. The summed E-state index contributed by atoms with van der Waals surface area (Å²) in [5.74, 6) is -0.955. The average Bonchev–Trinajstić information content (AvgIpc) is 3.80. The third-order valence-corrected chi connectivity index (χ3v) is 15.4. The highest BCUT2D eigenvalue weighted by atomic mass is 32.3. The molecule has 0 aromatic carbocycles. The Balaban J connectivity index is 1.28. The van der Waals surface area contributed by atoms with Gasteiger partial charge in [0.2, 0.25) is 5.82 Å². The Labute approximate surface area is 331 Å². The summed E-state index contributed by atoms with van der Waals surface area (Å²) in [5.41, 5.74) is 0.128. The maximum atomic E-state index is 13.3. The van der Waals surface area contributed by atoms with Gasteiger partial charge in [-0.25, -0.2) is 21.6 Å². The number of carbonyl (C=O) groups is 3. The zero-order valence-corrected chi connectivity index (χ0v) is 35.7. The molecule has 17 nitrogen and oxygen atoms in total. The molecule has 3 N–H and O–H groups in total. The van der Waals surface area contributed by atoms with Crippen LogP contribution in [-0.2, 0) is 48.5 Å². The quantitative estimate of drug-likeness (QED) is 0.163. The van der Waals surface area contributed by atoms with Gasteiger partial charge in [0.25, 0.3) is 15.9 Å². The summed E-state index contributed by atoms with van der Waals surface area (Å²) in [5, 5.41) is 5.84. The lowest BCUT2D eigenvalue weighted by atomic mass is 10.1. The van der Waals surface area contributed by atoms with Crippen LogP contribution in [0.4, 0.5) is 5.82 Å². The third-order valence-electron chi connectivity index (χ3n) is 9.00. The maximum absolute atomic E-state index is 13.3. The molecule has 2 aromatic rings. The molecule has 0 aliphatic carbocycles. The summed E-state index contributed by atoms with van der Waals surface area (Å²) in [4.78, 5) is 40.8. The highest BCUT2D eigenvalue weighted by molar-refractivity contribution is 7.95. The Morgan fingerprint density at radius 3 is 2.35 bits per heavy atom.